The van der Waals surface area contributed by atoms with Crippen molar-refractivity contribution in [1.29, 1.82) is 0 Å². The summed E-state index contributed by atoms with van der Waals surface area (Å²) in [4.78, 5) is 4.04. The molecule has 6 nitrogen and oxygen atoms in total. The molecule has 0 spiro atoms. The Labute approximate surface area is 129 Å². The molecule has 0 radical (unpaired) electrons. The van der Waals surface area contributed by atoms with Crippen LogP contribution in [-0.4, -0.2) is 19.7 Å². The van der Waals surface area contributed by atoms with E-state index in [0.29, 0.717) is 18.5 Å². The van der Waals surface area contributed by atoms with Crippen LogP contribution in [0.4, 0.5) is 6.01 Å². The highest BCUT2D eigenvalue weighted by molar-refractivity contribution is 5.35. The molecule has 114 valence electrons. The summed E-state index contributed by atoms with van der Waals surface area (Å²) >= 11 is 0. The van der Waals surface area contributed by atoms with Crippen molar-refractivity contribution in [2.24, 2.45) is 0 Å². The maximum atomic E-state index is 5.54. The van der Waals surface area contributed by atoms with Crippen molar-refractivity contribution >= 4 is 6.01 Å². The largest absolute Gasteiger partial charge is 0.408 e. The number of nitrogens with zero attached hydrogens (tertiary/aromatic N) is 4. The van der Waals surface area contributed by atoms with Gasteiger partial charge in [0.1, 0.15) is 0 Å². The van der Waals surface area contributed by atoms with Gasteiger partial charge < -0.3 is 14.3 Å². The van der Waals surface area contributed by atoms with Gasteiger partial charge in [-0.1, -0.05) is 30.6 Å². The Morgan fingerprint density at radius 3 is 2.77 bits per heavy atom. The molecule has 2 heterocycles. The van der Waals surface area contributed by atoms with E-state index < -0.39 is 0 Å². The highest BCUT2D eigenvalue weighted by Gasteiger charge is 2.05. The van der Waals surface area contributed by atoms with E-state index in [0.717, 1.165) is 30.5 Å². The number of hydrogen-bond donors (Lipinski definition) is 1. The van der Waals surface area contributed by atoms with Gasteiger partial charge in [-0.05, 0) is 24.1 Å². The molecule has 0 saturated carbocycles. The van der Waals surface area contributed by atoms with E-state index >= 15 is 0 Å². The minimum Gasteiger partial charge on any atom is -0.408 e. The van der Waals surface area contributed by atoms with Crippen LogP contribution in [0.2, 0.25) is 0 Å². The first-order valence-corrected chi connectivity index (χ1v) is 7.48. The van der Waals surface area contributed by atoms with Crippen LogP contribution >= 0.6 is 0 Å². The number of anilines is 1. The Kier molecular flexibility index (Phi) is 4.48. The van der Waals surface area contributed by atoms with Gasteiger partial charge in [-0.3, -0.25) is 0 Å². The molecule has 0 aliphatic rings. The average molecular weight is 297 g/mol. The van der Waals surface area contributed by atoms with Gasteiger partial charge in [0.05, 0.1) is 6.33 Å². The summed E-state index contributed by atoms with van der Waals surface area (Å²) in [5.74, 6) is 0.694. The van der Waals surface area contributed by atoms with Gasteiger partial charge in [-0.2, -0.15) is 0 Å². The predicted molar refractivity (Wildman–Crippen MR) is 83.8 cm³/mol. The number of imidazole rings is 1. The molecule has 1 N–H and O–H groups in total. The first-order chi connectivity index (χ1) is 10.8. The standard InChI is InChI=1S/C16H19N5O/c1-2-3-4-15-19-20-16(22-15)18-11-13-5-7-14(8-6-13)21-10-9-17-12-21/h5-10,12H,2-4,11H2,1H3,(H,18,20). The quantitative estimate of drug-likeness (QED) is 0.725. The summed E-state index contributed by atoms with van der Waals surface area (Å²) in [6.07, 6.45) is 8.49. The van der Waals surface area contributed by atoms with Crippen LogP contribution in [0.15, 0.2) is 47.4 Å². The molecule has 1 aromatic carbocycles. The lowest BCUT2D eigenvalue weighted by Crippen LogP contribution is -2.00. The number of aryl methyl sites for hydroxylation is 1. The zero-order valence-corrected chi connectivity index (χ0v) is 12.6. The van der Waals surface area contributed by atoms with E-state index in [-0.39, 0.29) is 0 Å². The molecular formula is C16H19N5O. The smallest absolute Gasteiger partial charge is 0.315 e. The van der Waals surface area contributed by atoms with Crippen molar-refractivity contribution in [2.75, 3.05) is 5.32 Å². The Hall–Kier alpha value is -2.63. The van der Waals surface area contributed by atoms with E-state index in [1.54, 1.807) is 12.5 Å². The van der Waals surface area contributed by atoms with Crippen molar-refractivity contribution in [3.05, 3.63) is 54.4 Å². The fraction of sp³-hybridized carbons (Fsp3) is 0.312. The molecule has 22 heavy (non-hydrogen) atoms. The lowest BCUT2D eigenvalue weighted by molar-refractivity contribution is 0.495. The summed E-state index contributed by atoms with van der Waals surface area (Å²) in [5, 5.41) is 11.2. The molecular weight excluding hydrogens is 278 g/mol. The van der Waals surface area contributed by atoms with Crippen LogP contribution in [0, 0.1) is 0 Å². The summed E-state index contributed by atoms with van der Waals surface area (Å²) in [6.45, 7) is 2.79. The number of nitrogens with one attached hydrogen (secondary N) is 1. The lowest BCUT2D eigenvalue weighted by Gasteiger charge is -2.05. The fourth-order valence-electron chi connectivity index (χ4n) is 2.13. The summed E-state index contributed by atoms with van der Waals surface area (Å²) < 4.78 is 7.51. The van der Waals surface area contributed by atoms with Crippen molar-refractivity contribution in [3.63, 3.8) is 0 Å². The SMILES string of the molecule is CCCCc1nnc(NCc2ccc(-n3ccnc3)cc2)o1. The fourth-order valence-corrected chi connectivity index (χ4v) is 2.13. The third-order valence-corrected chi connectivity index (χ3v) is 3.39. The predicted octanol–water partition coefficient (Wildman–Crippen LogP) is 3.21. The van der Waals surface area contributed by atoms with Crippen LogP contribution in [-0.2, 0) is 13.0 Å². The zero-order chi connectivity index (χ0) is 15.2. The van der Waals surface area contributed by atoms with E-state index in [4.69, 9.17) is 4.42 Å². The third kappa shape index (κ3) is 3.52. The topological polar surface area (TPSA) is 68.8 Å². The lowest BCUT2D eigenvalue weighted by atomic mass is 10.2. The highest BCUT2D eigenvalue weighted by Crippen LogP contribution is 2.12. The summed E-state index contributed by atoms with van der Waals surface area (Å²) in [5.41, 5.74) is 2.23. The van der Waals surface area contributed by atoms with E-state index in [1.807, 2.05) is 10.8 Å². The van der Waals surface area contributed by atoms with Crippen LogP contribution in [0.1, 0.15) is 31.2 Å². The minimum atomic E-state index is 0.477. The van der Waals surface area contributed by atoms with Crippen molar-refractivity contribution < 1.29 is 4.42 Å². The van der Waals surface area contributed by atoms with Gasteiger partial charge in [-0.25, -0.2) is 4.98 Å². The molecule has 0 fully saturated rings. The van der Waals surface area contributed by atoms with Gasteiger partial charge in [0.2, 0.25) is 5.89 Å². The molecule has 0 bridgehead atoms. The maximum Gasteiger partial charge on any atom is 0.315 e. The van der Waals surface area contributed by atoms with Crippen LogP contribution in [0.3, 0.4) is 0 Å². The van der Waals surface area contributed by atoms with Gasteiger partial charge in [0.25, 0.3) is 0 Å². The summed E-state index contributed by atoms with van der Waals surface area (Å²) in [7, 11) is 0. The Morgan fingerprint density at radius 1 is 1.18 bits per heavy atom. The minimum absolute atomic E-state index is 0.477. The molecule has 0 amide bonds. The molecule has 0 aliphatic heterocycles. The molecule has 3 rings (SSSR count). The van der Waals surface area contributed by atoms with Gasteiger partial charge in [0.15, 0.2) is 0 Å². The Bertz CT molecular complexity index is 688. The number of benzene rings is 1. The third-order valence-electron chi connectivity index (χ3n) is 3.39. The molecule has 0 saturated heterocycles. The van der Waals surface area contributed by atoms with Crippen LogP contribution < -0.4 is 5.32 Å². The summed E-state index contributed by atoms with van der Waals surface area (Å²) in [6, 6.07) is 8.72. The maximum absolute atomic E-state index is 5.54. The Morgan fingerprint density at radius 2 is 2.05 bits per heavy atom. The second-order valence-corrected chi connectivity index (χ2v) is 5.09. The molecule has 0 unspecified atom stereocenters. The second-order valence-electron chi connectivity index (χ2n) is 5.09. The van der Waals surface area contributed by atoms with E-state index in [2.05, 4.69) is 51.7 Å². The zero-order valence-electron chi connectivity index (χ0n) is 12.6. The second kappa shape index (κ2) is 6.89. The normalized spacial score (nSPS) is 10.8. The molecule has 0 atom stereocenters. The van der Waals surface area contributed by atoms with Gasteiger partial charge >= 0.3 is 6.01 Å². The van der Waals surface area contributed by atoms with Crippen LogP contribution in [0.5, 0.6) is 0 Å². The number of rotatable bonds is 7. The van der Waals surface area contributed by atoms with Crippen molar-refractivity contribution in [1.82, 2.24) is 19.7 Å². The van der Waals surface area contributed by atoms with Crippen LogP contribution in [0.25, 0.3) is 5.69 Å². The number of unbranched alkanes of at least 4 members (excludes halogenated alkanes) is 1. The molecule has 0 aliphatic carbocycles. The Balaban J connectivity index is 1.56. The van der Waals surface area contributed by atoms with Gasteiger partial charge in [-0.15, -0.1) is 5.10 Å². The molecule has 6 heteroatoms. The van der Waals surface area contributed by atoms with Crippen molar-refractivity contribution in [3.8, 4) is 5.69 Å². The molecule has 2 aromatic heterocycles. The van der Waals surface area contributed by atoms with Gasteiger partial charge in [0, 0.05) is 31.0 Å². The highest BCUT2D eigenvalue weighted by atomic mass is 16.4. The first kappa shape index (κ1) is 14.3. The first-order valence-electron chi connectivity index (χ1n) is 7.48. The number of aromatic nitrogens is 4. The average Bonchev–Trinajstić information content (AvgIpc) is 3.23. The van der Waals surface area contributed by atoms with Crippen molar-refractivity contribution in [2.45, 2.75) is 32.7 Å². The molecule has 3 aromatic rings. The number of hydrogen-bond acceptors (Lipinski definition) is 5. The monoisotopic (exact) mass is 297 g/mol. The van der Waals surface area contributed by atoms with E-state index in [9.17, 15) is 0 Å². The van der Waals surface area contributed by atoms with E-state index in [1.165, 1.54) is 0 Å².